The van der Waals surface area contributed by atoms with Gasteiger partial charge in [-0.2, -0.15) is 0 Å². The third-order valence-electron chi connectivity index (χ3n) is 2.56. The minimum atomic E-state index is -3.72. The molecule has 0 saturated carbocycles. The molecule has 0 spiro atoms. The maximum Gasteiger partial charge on any atom is 0.336 e. The number of sulfonamides is 1. The Morgan fingerprint density at radius 1 is 1.47 bits per heavy atom. The summed E-state index contributed by atoms with van der Waals surface area (Å²) in [4.78, 5) is 11.0. The molecule has 0 bridgehead atoms. The summed E-state index contributed by atoms with van der Waals surface area (Å²) >= 11 is 0. The molecule has 19 heavy (non-hydrogen) atoms. The van der Waals surface area contributed by atoms with E-state index >= 15 is 0 Å². The van der Waals surface area contributed by atoms with Gasteiger partial charge in [-0.25, -0.2) is 17.9 Å². The van der Waals surface area contributed by atoms with Crippen molar-refractivity contribution in [3.05, 3.63) is 29.3 Å². The van der Waals surface area contributed by atoms with Crippen molar-refractivity contribution in [1.82, 2.24) is 4.72 Å². The quantitative estimate of drug-likeness (QED) is 0.607. The van der Waals surface area contributed by atoms with Gasteiger partial charge in [0.2, 0.25) is 10.0 Å². The van der Waals surface area contributed by atoms with Crippen molar-refractivity contribution in [3.63, 3.8) is 0 Å². The number of carbonyl (C=O) groups is 1. The summed E-state index contributed by atoms with van der Waals surface area (Å²) in [6.07, 6.45) is 5.83. The number of hydrogen-bond acceptors (Lipinski definition) is 3. The number of benzene rings is 1. The molecule has 2 N–H and O–H groups in total. The Labute approximate surface area is 112 Å². The number of hydrogen-bond donors (Lipinski definition) is 2. The first kappa shape index (κ1) is 15.2. The van der Waals surface area contributed by atoms with Gasteiger partial charge in [-0.05, 0) is 24.1 Å². The molecule has 0 aliphatic heterocycles. The second-order valence-corrected chi connectivity index (χ2v) is 5.60. The average Bonchev–Trinajstić information content (AvgIpc) is 2.38. The predicted octanol–water partition coefficient (Wildman–Crippen LogP) is 1.25. The highest BCUT2D eigenvalue weighted by Gasteiger charge is 2.17. The Morgan fingerprint density at radius 3 is 2.68 bits per heavy atom. The van der Waals surface area contributed by atoms with E-state index in [1.807, 2.05) is 0 Å². The Balaban J connectivity index is 3.12. The molecule has 1 rings (SSSR count). The van der Waals surface area contributed by atoms with E-state index in [1.165, 1.54) is 18.2 Å². The van der Waals surface area contributed by atoms with Crippen LogP contribution in [0.15, 0.2) is 23.1 Å². The Kier molecular flexibility index (Phi) is 5.10. The van der Waals surface area contributed by atoms with Crippen LogP contribution >= 0.6 is 0 Å². The third-order valence-corrected chi connectivity index (χ3v) is 4.02. The summed E-state index contributed by atoms with van der Waals surface area (Å²) < 4.78 is 26.1. The van der Waals surface area contributed by atoms with Crippen LogP contribution in [-0.4, -0.2) is 26.0 Å². The SMILES string of the molecule is C#CCCNS(=O)(=O)c1ccc(CC)c(C(=O)O)c1. The van der Waals surface area contributed by atoms with E-state index < -0.39 is 16.0 Å². The van der Waals surface area contributed by atoms with E-state index in [4.69, 9.17) is 11.5 Å². The molecule has 5 nitrogen and oxygen atoms in total. The summed E-state index contributed by atoms with van der Waals surface area (Å²) in [6.45, 7) is 1.93. The van der Waals surface area contributed by atoms with Crippen molar-refractivity contribution in [1.29, 1.82) is 0 Å². The smallest absolute Gasteiger partial charge is 0.336 e. The molecule has 0 heterocycles. The highest BCUT2D eigenvalue weighted by molar-refractivity contribution is 7.89. The summed E-state index contributed by atoms with van der Waals surface area (Å²) in [5, 5.41) is 9.06. The first-order chi connectivity index (χ1) is 8.92. The van der Waals surface area contributed by atoms with Gasteiger partial charge >= 0.3 is 5.97 Å². The monoisotopic (exact) mass is 281 g/mol. The molecule has 1 aromatic rings. The fourth-order valence-corrected chi connectivity index (χ4v) is 2.63. The molecule has 0 fully saturated rings. The molecule has 0 aromatic heterocycles. The van der Waals surface area contributed by atoms with Gasteiger partial charge in [-0.15, -0.1) is 12.3 Å². The Morgan fingerprint density at radius 2 is 2.16 bits per heavy atom. The fraction of sp³-hybridized carbons (Fsp3) is 0.308. The van der Waals surface area contributed by atoms with Crippen molar-refractivity contribution in [2.75, 3.05) is 6.54 Å². The molecule has 0 unspecified atom stereocenters. The number of aryl methyl sites for hydroxylation is 1. The molecule has 0 atom stereocenters. The average molecular weight is 281 g/mol. The van der Waals surface area contributed by atoms with Crippen LogP contribution in [0.1, 0.15) is 29.3 Å². The van der Waals surface area contributed by atoms with E-state index in [9.17, 15) is 13.2 Å². The molecular formula is C13H15NO4S. The van der Waals surface area contributed by atoms with Crippen LogP contribution in [-0.2, 0) is 16.4 Å². The summed E-state index contributed by atoms with van der Waals surface area (Å²) in [5.41, 5.74) is 0.595. The maximum absolute atomic E-state index is 11.9. The van der Waals surface area contributed by atoms with Gasteiger partial charge in [0.15, 0.2) is 0 Å². The van der Waals surface area contributed by atoms with Gasteiger partial charge in [0.05, 0.1) is 10.5 Å². The Hall–Kier alpha value is -1.84. The van der Waals surface area contributed by atoms with Crippen LogP contribution in [0, 0.1) is 12.3 Å². The van der Waals surface area contributed by atoms with E-state index in [0.29, 0.717) is 12.0 Å². The van der Waals surface area contributed by atoms with Gasteiger partial charge in [0.25, 0.3) is 0 Å². The lowest BCUT2D eigenvalue weighted by atomic mass is 10.1. The highest BCUT2D eigenvalue weighted by atomic mass is 32.2. The number of nitrogens with one attached hydrogen (secondary N) is 1. The summed E-state index contributed by atoms with van der Waals surface area (Å²) in [6, 6.07) is 4.07. The normalized spacial score (nSPS) is 10.9. The molecular weight excluding hydrogens is 266 g/mol. The molecule has 102 valence electrons. The largest absolute Gasteiger partial charge is 0.478 e. The second kappa shape index (κ2) is 6.36. The topological polar surface area (TPSA) is 83.5 Å². The van der Waals surface area contributed by atoms with Crippen molar-refractivity contribution in [2.24, 2.45) is 0 Å². The van der Waals surface area contributed by atoms with Crippen LogP contribution in [0.25, 0.3) is 0 Å². The molecule has 6 heteroatoms. The number of aromatic carboxylic acids is 1. The molecule has 0 aliphatic rings. The van der Waals surface area contributed by atoms with Crippen LogP contribution in [0.2, 0.25) is 0 Å². The zero-order chi connectivity index (χ0) is 14.5. The molecule has 0 radical (unpaired) electrons. The minimum absolute atomic E-state index is 0.00215. The zero-order valence-corrected chi connectivity index (χ0v) is 11.3. The maximum atomic E-state index is 11.9. The first-order valence-corrected chi connectivity index (χ1v) is 7.20. The van der Waals surface area contributed by atoms with Crippen molar-refractivity contribution < 1.29 is 18.3 Å². The van der Waals surface area contributed by atoms with Gasteiger partial charge in [0, 0.05) is 13.0 Å². The zero-order valence-electron chi connectivity index (χ0n) is 10.5. The van der Waals surface area contributed by atoms with Gasteiger partial charge in [0.1, 0.15) is 0 Å². The second-order valence-electron chi connectivity index (χ2n) is 3.83. The standard InChI is InChI=1S/C13H15NO4S/c1-3-5-8-14-19(17,18)11-7-6-10(4-2)12(9-11)13(15)16/h1,6-7,9,14H,4-5,8H2,2H3,(H,15,16). The van der Waals surface area contributed by atoms with Crippen molar-refractivity contribution >= 4 is 16.0 Å². The molecule has 0 amide bonds. The van der Waals surface area contributed by atoms with Crippen LogP contribution in [0.4, 0.5) is 0 Å². The highest BCUT2D eigenvalue weighted by Crippen LogP contribution is 2.17. The van der Waals surface area contributed by atoms with Gasteiger partial charge in [-0.1, -0.05) is 13.0 Å². The van der Waals surface area contributed by atoms with Gasteiger partial charge < -0.3 is 5.11 Å². The Bertz CT molecular complexity index is 614. The van der Waals surface area contributed by atoms with E-state index in [-0.39, 0.29) is 23.4 Å². The number of carboxylic acids is 1. The summed E-state index contributed by atoms with van der Waals surface area (Å²) in [5.74, 6) is 1.18. The lowest BCUT2D eigenvalue weighted by Crippen LogP contribution is -2.25. The summed E-state index contributed by atoms with van der Waals surface area (Å²) in [7, 11) is -3.72. The third kappa shape index (κ3) is 3.81. The van der Waals surface area contributed by atoms with Crippen LogP contribution in [0.3, 0.4) is 0 Å². The number of terminal acetylenes is 1. The van der Waals surface area contributed by atoms with Crippen molar-refractivity contribution in [2.45, 2.75) is 24.7 Å². The lowest BCUT2D eigenvalue weighted by molar-refractivity contribution is 0.0695. The lowest BCUT2D eigenvalue weighted by Gasteiger charge is -2.08. The minimum Gasteiger partial charge on any atom is -0.478 e. The fourth-order valence-electron chi connectivity index (χ4n) is 1.57. The predicted molar refractivity (Wildman–Crippen MR) is 71.4 cm³/mol. The van der Waals surface area contributed by atoms with E-state index in [1.54, 1.807) is 6.92 Å². The van der Waals surface area contributed by atoms with Crippen molar-refractivity contribution in [3.8, 4) is 12.3 Å². The van der Waals surface area contributed by atoms with Gasteiger partial charge in [-0.3, -0.25) is 0 Å². The van der Waals surface area contributed by atoms with E-state index in [0.717, 1.165) is 0 Å². The molecule has 0 aliphatic carbocycles. The number of carboxylic acid groups (broad SMARTS) is 1. The molecule has 1 aromatic carbocycles. The van der Waals surface area contributed by atoms with Crippen LogP contribution in [0.5, 0.6) is 0 Å². The first-order valence-electron chi connectivity index (χ1n) is 5.71. The number of rotatable bonds is 6. The van der Waals surface area contributed by atoms with Crippen LogP contribution < -0.4 is 4.72 Å². The molecule has 0 saturated heterocycles. The van der Waals surface area contributed by atoms with E-state index in [2.05, 4.69) is 10.6 Å².